The molecule has 0 fully saturated rings. The Morgan fingerprint density at radius 2 is 1.71 bits per heavy atom. The van der Waals surface area contributed by atoms with E-state index in [2.05, 4.69) is 13.8 Å². The first-order chi connectivity index (χ1) is 16.1. The first-order valence-corrected chi connectivity index (χ1v) is 11.6. The van der Waals surface area contributed by atoms with Crippen molar-refractivity contribution in [2.24, 2.45) is 5.41 Å². The molecular weight excluding hydrogens is 454 g/mol. The van der Waals surface area contributed by atoms with Crippen molar-refractivity contribution < 1.29 is 23.8 Å². The van der Waals surface area contributed by atoms with Crippen molar-refractivity contribution in [2.75, 3.05) is 26.2 Å². The number of amides is 1. The van der Waals surface area contributed by atoms with E-state index >= 15 is 0 Å². The molecule has 2 aromatic carbocycles. The summed E-state index contributed by atoms with van der Waals surface area (Å²) in [4.78, 5) is 29.1. The van der Waals surface area contributed by atoms with Crippen LogP contribution in [0.1, 0.15) is 50.2 Å². The van der Waals surface area contributed by atoms with Gasteiger partial charge in [-0.2, -0.15) is 0 Å². The SMILES string of the molecule is COc1cc(Cl)c(C)cc1N1C(=O)CC(c2cccc(OC)c2OC)C2=C1CC(C)(C)CC2=O. The lowest BCUT2D eigenvalue weighted by atomic mass is 9.69. The highest BCUT2D eigenvalue weighted by atomic mass is 35.5. The van der Waals surface area contributed by atoms with Crippen molar-refractivity contribution >= 4 is 29.0 Å². The third-order valence-corrected chi connectivity index (χ3v) is 7.06. The predicted octanol–water partition coefficient (Wildman–Crippen LogP) is 5.84. The zero-order chi connectivity index (χ0) is 24.8. The fraction of sp³-hybridized carbons (Fsp3) is 0.407. The lowest BCUT2D eigenvalue weighted by Gasteiger charge is -2.43. The number of anilines is 1. The summed E-state index contributed by atoms with van der Waals surface area (Å²) in [6.07, 6.45) is 1.11. The number of allylic oxidation sites excluding steroid dienone is 2. The lowest BCUT2D eigenvalue weighted by Crippen LogP contribution is -2.44. The molecule has 7 heteroatoms. The highest BCUT2D eigenvalue weighted by molar-refractivity contribution is 6.31. The van der Waals surface area contributed by atoms with E-state index in [9.17, 15) is 9.59 Å². The van der Waals surface area contributed by atoms with Crippen molar-refractivity contribution in [3.8, 4) is 17.2 Å². The first kappa shape index (κ1) is 24.1. The number of Topliss-reactive ketones (excluding diaryl/α,β-unsaturated/α-hetero) is 1. The van der Waals surface area contributed by atoms with Crippen LogP contribution >= 0.6 is 11.6 Å². The summed E-state index contributed by atoms with van der Waals surface area (Å²) in [5.74, 6) is 1.11. The van der Waals surface area contributed by atoms with E-state index in [-0.39, 0.29) is 23.5 Å². The number of ether oxygens (including phenoxy) is 3. The average Bonchev–Trinajstić information content (AvgIpc) is 2.78. The maximum absolute atomic E-state index is 13.8. The van der Waals surface area contributed by atoms with Gasteiger partial charge >= 0.3 is 0 Å². The van der Waals surface area contributed by atoms with Crippen LogP contribution in [0.3, 0.4) is 0 Å². The van der Waals surface area contributed by atoms with Crippen LogP contribution in [0.15, 0.2) is 41.6 Å². The summed E-state index contributed by atoms with van der Waals surface area (Å²) in [6, 6.07) is 9.13. The third-order valence-electron chi connectivity index (χ3n) is 6.65. The number of methoxy groups -OCH3 is 3. The van der Waals surface area contributed by atoms with Gasteiger partial charge in [0.15, 0.2) is 17.3 Å². The number of aryl methyl sites for hydroxylation is 1. The number of hydrogen-bond acceptors (Lipinski definition) is 5. The van der Waals surface area contributed by atoms with Crippen LogP contribution in [0.5, 0.6) is 17.2 Å². The van der Waals surface area contributed by atoms with Crippen molar-refractivity contribution in [3.05, 3.63) is 57.8 Å². The Bertz CT molecular complexity index is 1200. The summed E-state index contributed by atoms with van der Waals surface area (Å²) in [5, 5.41) is 0.554. The molecule has 0 saturated heterocycles. The van der Waals surface area contributed by atoms with Crippen LogP contribution in [-0.2, 0) is 9.59 Å². The lowest BCUT2D eigenvalue weighted by molar-refractivity contribution is -0.121. The second-order valence-electron chi connectivity index (χ2n) is 9.64. The number of rotatable bonds is 5. The molecule has 0 radical (unpaired) electrons. The van der Waals surface area contributed by atoms with E-state index in [4.69, 9.17) is 25.8 Å². The molecule has 0 bridgehead atoms. The quantitative estimate of drug-likeness (QED) is 0.534. The molecule has 1 unspecified atom stereocenters. The minimum absolute atomic E-state index is 0.0447. The molecule has 6 nitrogen and oxygen atoms in total. The summed E-state index contributed by atoms with van der Waals surface area (Å²) in [5.41, 5.74) is 3.28. The van der Waals surface area contributed by atoms with Crippen molar-refractivity contribution in [2.45, 2.75) is 46.0 Å². The second-order valence-corrected chi connectivity index (χ2v) is 10.1. The van der Waals surface area contributed by atoms with Crippen LogP contribution in [0.25, 0.3) is 0 Å². The Balaban J connectivity index is 1.98. The maximum atomic E-state index is 13.8. The summed E-state index contributed by atoms with van der Waals surface area (Å²) < 4.78 is 16.8. The minimum atomic E-state index is -0.424. The molecule has 2 aliphatic rings. The number of halogens is 1. The predicted molar refractivity (Wildman–Crippen MR) is 132 cm³/mol. The minimum Gasteiger partial charge on any atom is -0.495 e. The van der Waals surface area contributed by atoms with Gasteiger partial charge in [-0.15, -0.1) is 0 Å². The van der Waals surface area contributed by atoms with Gasteiger partial charge in [-0.1, -0.05) is 37.6 Å². The van der Waals surface area contributed by atoms with Gasteiger partial charge in [0.05, 0.1) is 27.0 Å². The van der Waals surface area contributed by atoms with Crippen molar-refractivity contribution in [1.82, 2.24) is 0 Å². The third kappa shape index (κ3) is 4.05. The molecule has 1 aliphatic carbocycles. The van der Waals surface area contributed by atoms with Gasteiger partial charge in [-0.05, 0) is 36.5 Å². The van der Waals surface area contributed by atoms with Gasteiger partial charge in [-0.3, -0.25) is 14.5 Å². The number of hydrogen-bond donors (Lipinski definition) is 0. The molecule has 1 aliphatic heterocycles. The Kier molecular flexibility index (Phi) is 6.38. The van der Waals surface area contributed by atoms with Gasteiger partial charge in [0.25, 0.3) is 0 Å². The van der Waals surface area contributed by atoms with Gasteiger partial charge < -0.3 is 14.2 Å². The van der Waals surface area contributed by atoms with Crippen LogP contribution in [0.4, 0.5) is 5.69 Å². The normalized spacial score (nSPS) is 19.7. The monoisotopic (exact) mass is 483 g/mol. The number of carbonyl (C=O) groups excluding carboxylic acids is 2. The largest absolute Gasteiger partial charge is 0.495 e. The Hall–Kier alpha value is -2.99. The number of benzene rings is 2. The van der Waals surface area contributed by atoms with E-state index < -0.39 is 5.92 Å². The fourth-order valence-corrected chi connectivity index (χ4v) is 5.29. The number of nitrogens with zero attached hydrogens (tertiary/aromatic N) is 1. The molecule has 1 amide bonds. The second kappa shape index (κ2) is 8.99. The number of ketones is 1. The summed E-state index contributed by atoms with van der Waals surface area (Å²) >= 11 is 6.34. The zero-order valence-electron chi connectivity index (χ0n) is 20.5. The van der Waals surface area contributed by atoms with E-state index in [0.29, 0.717) is 52.1 Å². The Labute approximate surface area is 205 Å². The standard InChI is InChI=1S/C27H30ClNO5/c1-15-10-19(23(33-5)12-18(15)28)29-20-13-27(2,3)14-21(30)25(20)17(11-24(29)31)16-8-7-9-22(32-4)26(16)34-6/h7-10,12,17H,11,13-14H2,1-6H3. The molecule has 34 heavy (non-hydrogen) atoms. The highest BCUT2D eigenvalue weighted by Crippen LogP contribution is 2.52. The molecule has 4 rings (SSSR count). The topological polar surface area (TPSA) is 65.1 Å². The molecular formula is C27H30ClNO5. The molecule has 1 atom stereocenters. The van der Waals surface area contributed by atoms with Gasteiger partial charge in [0.2, 0.25) is 5.91 Å². The van der Waals surface area contributed by atoms with Gasteiger partial charge in [-0.25, -0.2) is 0 Å². The summed E-state index contributed by atoms with van der Waals surface area (Å²) in [7, 11) is 4.69. The van der Waals surface area contributed by atoms with Crippen molar-refractivity contribution in [1.29, 1.82) is 0 Å². The smallest absolute Gasteiger partial charge is 0.232 e. The molecule has 0 N–H and O–H groups in total. The summed E-state index contributed by atoms with van der Waals surface area (Å²) in [6.45, 7) is 5.99. The van der Waals surface area contributed by atoms with E-state index in [1.807, 2.05) is 31.2 Å². The van der Waals surface area contributed by atoms with Crippen LogP contribution in [0.2, 0.25) is 5.02 Å². The van der Waals surface area contributed by atoms with E-state index in [1.54, 1.807) is 32.3 Å². The molecule has 0 saturated carbocycles. The van der Waals surface area contributed by atoms with Gasteiger partial charge in [0, 0.05) is 46.7 Å². The van der Waals surface area contributed by atoms with Crippen molar-refractivity contribution in [3.63, 3.8) is 0 Å². The van der Waals surface area contributed by atoms with Crippen LogP contribution in [-0.4, -0.2) is 33.0 Å². The number of carbonyl (C=O) groups is 2. The molecule has 0 spiro atoms. The molecule has 1 heterocycles. The fourth-order valence-electron chi connectivity index (χ4n) is 5.13. The molecule has 2 aromatic rings. The van der Waals surface area contributed by atoms with Gasteiger partial charge in [0.1, 0.15) is 5.75 Å². The van der Waals surface area contributed by atoms with Crippen LogP contribution < -0.4 is 19.1 Å². The molecule has 180 valence electrons. The Morgan fingerprint density at radius 1 is 1.00 bits per heavy atom. The average molecular weight is 484 g/mol. The van der Waals surface area contributed by atoms with E-state index in [1.165, 1.54) is 0 Å². The zero-order valence-corrected chi connectivity index (χ0v) is 21.2. The number of para-hydroxylation sites is 1. The highest BCUT2D eigenvalue weighted by Gasteiger charge is 2.45. The molecule has 0 aromatic heterocycles. The maximum Gasteiger partial charge on any atom is 0.232 e. The Morgan fingerprint density at radius 3 is 2.35 bits per heavy atom. The van der Waals surface area contributed by atoms with Crippen LogP contribution in [0, 0.1) is 12.3 Å². The van der Waals surface area contributed by atoms with E-state index in [0.717, 1.165) is 11.1 Å². The first-order valence-electron chi connectivity index (χ1n) is 11.3.